The van der Waals surface area contributed by atoms with E-state index in [1.54, 1.807) is 72.8 Å². The summed E-state index contributed by atoms with van der Waals surface area (Å²) in [6.07, 6.45) is 3.91. The molecular formula is C26H25N3O4. The zero-order valence-corrected chi connectivity index (χ0v) is 18.2. The second-order valence-corrected chi connectivity index (χ2v) is 7.09. The fraction of sp³-hybridized carbons (Fsp3) is 0.115. The van der Waals surface area contributed by atoms with Crippen LogP contribution in [-0.4, -0.2) is 29.7 Å². The van der Waals surface area contributed by atoms with E-state index in [4.69, 9.17) is 4.74 Å². The number of ether oxygens (including phenoxy) is 1. The van der Waals surface area contributed by atoms with Crippen LogP contribution in [0.5, 0.6) is 11.5 Å². The van der Waals surface area contributed by atoms with Crippen LogP contribution in [0.1, 0.15) is 34.8 Å². The third kappa shape index (κ3) is 7.36. The molecule has 7 nitrogen and oxygen atoms in total. The minimum absolute atomic E-state index is 0.0361. The summed E-state index contributed by atoms with van der Waals surface area (Å²) >= 11 is 0. The summed E-state index contributed by atoms with van der Waals surface area (Å²) in [6, 6.07) is 22.2. The number of phenols is 1. The van der Waals surface area contributed by atoms with Crippen LogP contribution in [0, 0.1) is 0 Å². The summed E-state index contributed by atoms with van der Waals surface area (Å²) in [4.78, 5) is 25.4. The number of carbonyl (C=O) groups is 2. The molecule has 0 atom stereocenters. The maximum absolute atomic E-state index is 12.8. The molecule has 168 valence electrons. The fourth-order valence-electron chi connectivity index (χ4n) is 2.78. The average Bonchev–Trinajstić information content (AvgIpc) is 2.84. The highest BCUT2D eigenvalue weighted by Gasteiger charge is 2.14. The molecule has 0 aliphatic rings. The molecule has 0 radical (unpaired) electrons. The Morgan fingerprint density at radius 2 is 1.61 bits per heavy atom. The highest BCUT2D eigenvalue weighted by Crippen LogP contribution is 2.15. The first-order chi connectivity index (χ1) is 16.0. The number of hydrazone groups is 1. The standard InChI is InChI=1S/C26H25N3O4/c1-2-16-33-23-14-10-19(11-15-23)17-24(28-25(31)21-6-4-3-5-7-21)26(32)29-27-18-20-8-12-22(30)13-9-20/h3-15,17-18,30H,2,16H2,1H3,(H,28,31)(H,29,32)/b24-17-,27-18+. The van der Waals surface area contributed by atoms with Crippen LogP contribution in [0.3, 0.4) is 0 Å². The van der Waals surface area contributed by atoms with E-state index in [0.717, 1.165) is 12.2 Å². The molecule has 33 heavy (non-hydrogen) atoms. The normalized spacial score (nSPS) is 11.2. The molecule has 0 fully saturated rings. The van der Waals surface area contributed by atoms with Gasteiger partial charge in [-0.05, 0) is 72.2 Å². The molecule has 0 aliphatic heterocycles. The molecular weight excluding hydrogens is 418 g/mol. The number of rotatable bonds is 9. The molecule has 3 N–H and O–H groups in total. The maximum atomic E-state index is 12.8. The lowest BCUT2D eigenvalue weighted by Gasteiger charge is -2.10. The van der Waals surface area contributed by atoms with Crippen LogP contribution >= 0.6 is 0 Å². The van der Waals surface area contributed by atoms with Crippen LogP contribution in [0.4, 0.5) is 0 Å². The monoisotopic (exact) mass is 443 g/mol. The zero-order chi connectivity index (χ0) is 23.5. The van der Waals surface area contributed by atoms with Crippen molar-refractivity contribution in [1.29, 1.82) is 0 Å². The number of benzene rings is 3. The lowest BCUT2D eigenvalue weighted by molar-refractivity contribution is -0.117. The van der Waals surface area contributed by atoms with Crippen molar-refractivity contribution < 1.29 is 19.4 Å². The highest BCUT2D eigenvalue weighted by atomic mass is 16.5. The lowest BCUT2D eigenvalue weighted by Crippen LogP contribution is -2.32. The Labute approximate surface area is 192 Å². The molecule has 7 heteroatoms. The first kappa shape index (κ1) is 23.3. The van der Waals surface area contributed by atoms with Gasteiger partial charge in [0.2, 0.25) is 0 Å². The van der Waals surface area contributed by atoms with Gasteiger partial charge in [0.15, 0.2) is 0 Å². The van der Waals surface area contributed by atoms with E-state index < -0.39 is 11.8 Å². The lowest BCUT2D eigenvalue weighted by atomic mass is 10.1. The summed E-state index contributed by atoms with van der Waals surface area (Å²) in [5.41, 5.74) is 4.28. The van der Waals surface area contributed by atoms with Gasteiger partial charge in [-0.15, -0.1) is 0 Å². The van der Waals surface area contributed by atoms with Crippen molar-refractivity contribution in [2.24, 2.45) is 5.10 Å². The van der Waals surface area contributed by atoms with Gasteiger partial charge in [-0.2, -0.15) is 5.10 Å². The van der Waals surface area contributed by atoms with Crippen LogP contribution < -0.4 is 15.5 Å². The first-order valence-electron chi connectivity index (χ1n) is 10.5. The molecule has 0 heterocycles. The minimum Gasteiger partial charge on any atom is -0.508 e. The molecule has 3 aromatic carbocycles. The predicted molar refractivity (Wildman–Crippen MR) is 128 cm³/mol. The van der Waals surface area contributed by atoms with Gasteiger partial charge in [-0.3, -0.25) is 9.59 Å². The number of nitrogens with one attached hydrogen (secondary N) is 2. The van der Waals surface area contributed by atoms with Crippen molar-refractivity contribution in [3.8, 4) is 11.5 Å². The van der Waals surface area contributed by atoms with Gasteiger partial charge in [-0.25, -0.2) is 5.43 Å². The largest absolute Gasteiger partial charge is 0.508 e. The SMILES string of the molecule is CCCOc1ccc(/C=C(\NC(=O)c2ccccc2)C(=O)N/N=C/c2ccc(O)cc2)cc1. The van der Waals surface area contributed by atoms with Gasteiger partial charge in [0, 0.05) is 5.56 Å². The van der Waals surface area contributed by atoms with Crippen molar-refractivity contribution in [3.63, 3.8) is 0 Å². The number of aromatic hydroxyl groups is 1. The number of carbonyl (C=O) groups excluding carboxylic acids is 2. The summed E-state index contributed by atoms with van der Waals surface area (Å²) < 4.78 is 5.58. The third-order valence-electron chi connectivity index (χ3n) is 4.47. The molecule has 0 spiro atoms. The summed E-state index contributed by atoms with van der Waals surface area (Å²) in [6.45, 7) is 2.65. The van der Waals surface area contributed by atoms with Gasteiger partial charge in [0.1, 0.15) is 17.2 Å². The molecule has 0 saturated carbocycles. The Bertz CT molecular complexity index is 1120. The van der Waals surface area contributed by atoms with Crippen LogP contribution in [0.15, 0.2) is 89.7 Å². The van der Waals surface area contributed by atoms with Crippen LogP contribution in [0.2, 0.25) is 0 Å². The smallest absolute Gasteiger partial charge is 0.287 e. The van der Waals surface area contributed by atoms with Crippen molar-refractivity contribution in [2.45, 2.75) is 13.3 Å². The van der Waals surface area contributed by atoms with E-state index in [9.17, 15) is 14.7 Å². The van der Waals surface area contributed by atoms with Crippen LogP contribution in [-0.2, 0) is 4.79 Å². The Kier molecular flexibility index (Phi) is 8.36. The van der Waals surface area contributed by atoms with E-state index in [-0.39, 0.29) is 11.4 Å². The molecule has 0 saturated heterocycles. The molecule has 0 aliphatic carbocycles. The molecule has 3 rings (SSSR count). The van der Waals surface area contributed by atoms with E-state index in [1.807, 2.05) is 6.92 Å². The highest BCUT2D eigenvalue weighted by molar-refractivity contribution is 6.05. The van der Waals surface area contributed by atoms with Crippen molar-refractivity contribution in [1.82, 2.24) is 10.7 Å². The Hall–Kier alpha value is -4.39. The molecule has 3 aromatic rings. The third-order valence-corrected chi connectivity index (χ3v) is 4.47. The number of phenolic OH excluding ortho intramolecular Hbond substituents is 1. The first-order valence-corrected chi connectivity index (χ1v) is 10.5. The zero-order valence-electron chi connectivity index (χ0n) is 18.2. The van der Waals surface area contributed by atoms with E-state index >= 15 is 0 Å². The van der Waals surface area contributed by atoms with Gasteiger partial charge in [-0.1, -0.05) is 37.3 Å². The average molecular weight is 444 g/mol. The van der Waals surface area contributed by atoms with Crippen LogP contribution in [0.25, 0.3) is 6.08 Å². The minimum atomic E-state index is -0.583. The quantitative estimate of drug-likeness (QED) is 0.263. The fourth-order valence-corrected chi connectivity index (χ4v) is 2.78. The Morgan fingerprint density at radius 3 is 2.27 bits per heavy atom. The summed E-state index contributed by atoms with van der Waals surface area (Å²) in [7, 11) is 0. The maximum Gasteiger partial charge on any atom is 0.287 e. The second kappa shape index (κ2) is 11.9. The van der Waals surface area contributed by atoms with Gasteiger partial charge in [0.05, 0.1) is 12.8 Å². The molecule has 0 bridgehead atoms. The number of nitrogens with zero attached hydrogens (tertiary/aromatic N) is 1. The second-order valence-electron chi connectivity index (χ2n) is 7.09. The Balaban J connectivity index is 1.77. The Morgan fingerprint density at radius 1 is 0.939 bits per heavy atom. The van der Waals surface area contributed by atoms with Gasteiger partial charge >= 0.3 is 0 Å². The number of hydrogen-bond acceptors (Lipinski definition) is 5. The molecule has 2 amide bonds. The summed E-state index contributed by atoms with van der Waals surface area (Å²) in [5.74, 6) is -0.133. The van der Waals surface area contributed by atoms with Gasteiger partial charge < -0.3 is 15.2 Å². The van der Waals surface area contributed by atoms with Crippen molar-refractivity contribution >= 4 is 24.1 Å². The number of amides is 2. The van der Waals surface area contributed by atoms with E-state index in [2.05, 4.69) is 15.8 Å². The van der Waals surface area contributed by atoms with Gasteiger partial charge in [0.25, 0.3) is 11.8 Å². The topological polar surface area (TPSA) is 100 Å². The molecule has 0 aromatic heterocycles. The van der Waals surface area contributed by atoms with Crippen molar-refractivity contribution in [3.05, 3.63) is 101 Å². The van der Waals surface area contributed by atoms with E-state index in [1.165, 1.54) is 18.3 Å². The van der Waals surface area contributed by atoms with Crippen molar-refractivity contribution in [2.75, 3.05) is 6.61 Å². The number of hydrogen-bond donors (Lipinski definition) is 3. The van der Waals surface area contributed by atoms with E-state index in [0.29, 0.717) is 23.3 Å². The molecule has 0 unspecified atom stereocenters. The predicted octanol–water partition coefficient (Wildman–Crippen LogP) is 4.10. The summed E-state index contributed by atoms with van der Waals surface area (Å²) in [5, 5.41) is 16.0.